The van der Waals surface area contributed by atoms with Crippen molar-refractivity contribution in [2.75, 3.05) is 7.11 Å². The highest BCUT2D eigenvalue weighted by molar-refractivity contribution is 5.33. The number of hydrogen-bond donors (Lipinski definition) is 0. The van der Waals surface area contributed by atoms with E-state index in [1.807, 2.05) is 37.4 Å². The minimum atomic E-state index is 0.320. The Bertz CT molecular complexity index is 515. The Hall–Kier alpha value is -1.97. The molecule has 0 saturated heterocycles. The first-order chi connectivity index (χ1) is 8.61. The van der Waals surface area contributed by atoms with Crippen molar-refractivity contribution in [1.82, 2.24) is 9.55 Å². The molecule has 0 atom stereocenters. The lowest BCUT2D eigenvalue weighted by Gasteiger charge is -2.13. The van der Waals surface area contributed by atoms with Crippen molar-refractivity contribution in [3.8, 4) is 17.5 Å². The second-order valence-electron chi connectivity index (χ2n) is 4.42. The average Bonchev–Trinajstić information content (AvgIpc) is 2.71. The molecule has 1 aromatic carbocycles. The van der Waals surface area contributed by atoms with Gasteiger partial charge in [0.15, 0.2) is 0 Å². The molecule has 1 aromatic heterocycles. The van der Waals surface area contributed by atoms with E-state index in [0.717, 1.165) is 17.2 Å². The highest BCUT2D eigenvalue weighted by Crippen LogP contribution is 2.26. The van der Waals surface area contributed by atoms with Crippen molar-refractivity contribution in [2.45, 2.75) is 26.8 Å². The van der Waals surface area contributed by atoms with Crippen molar-refractivity contribution < 1.29 is 9.47 Å². The SMILES string of the molecule is COc1ccc(Oc2ncc(C)n2C(C)C)cc1. The molecule has 0 aliphatic rings. The highest BCUT2D eigenvalue weighted by Gasteiger charge is 2.11. The summed E-state index contributed by atoms with van der Waals surface area (Å²) >= 11 is 0. The van der Waals surface area contributed by atoms with E-state index in [1.165, 1.54) is 0 Å². The fourth-order valence-corrected chi connectivity index (χ4v) is 1.88. The molecule has 1 heterocycles. The summed E-state index contributed by atoms with van der Waals surface area (Å²) in [7, 11) is 1.64. The molecule has 18 heavy (non-hydrogen) atoms. The molecule has 0 radical (unpaired) electrons. The Morgan fingerprint density at radius 2 is 1.72 bits per heavy atom. The number of hydrogen-bond acceptors (Lipinski definition) is 3. The van der Waals surface area contributed by atoms with Gasteiger partial charge in [0.05, 0.1) is 13.3 Å². The molecule has 0 amide bonds. The Labute approximate surface area is 107 Å². The summed E-state index contributed by atoms with van der Waals surface area (Å²) in [6, 6.07) is 8.41. The third kappa shape index (κ3) is 2.47. The van der Waals surface area contributed by atoms with Crippen LogP contribution in [0.3, 0.4) is 0 Å². The number of aromatic nitrogens is 2. The van der Waals surface area contributed by atoms with Crippen LogP contribution in [-0.2, 0) is 0 Å². The van der Waals surface area contributed by atoms with Crippen LogP contribution in [0.5, 0.6) is 17.5 Å². The molecule has 2 rings (SSSR count). The van der Waals surface area contributed by atoms with Crippen LogP contribution in [0.2, 0.25) is 0 Å². The minimum Gasteiger partial charge on any atom is -0.497 e. The van der Waals surface area contributed by atoms with Gasteiger partial charge < -0.3 is 9.47 Å². The Kier molecular flexibility index (Phi) is 3.55. The van der Waals surface area contributed by atoms with E-state index >= 15 is 0 Å². The lowest BCUT2D eigenvalue weighted by atomic mass is 10.3. The number of benzene rings is 1. The van der Waals surface area contributed by atoms with E-state index in [2.05, 4.69) is 23.4 Å². The van der Waals surface area contributed by atoms with E-state index in [-0.39, 0.29) is 0 Å². The lowest BCUT2D eigenvalue weighted by Crippen LogP contribution is -2.05. The zero-order valence-corrected chi connectivity index (χ0v) is 11.2. The maximum atomic E-state index is 5.79. The molecule has 0 saturated carbocycles. The van der Waals surface area contributed by atoms with Gasteiger partial charge in [0.2, 0.25) is 0 Å². The summed E-state index contributed by atoms with van der Waals surface area (Å²) in [6.45, 7) is 6.24. The first kappa shape index (κ1) is 12.5. The maximum absolute atomic E-state index is 5.79. The molecule has 2 aromatic rings. The Morgan fingerprint density at radius 1 is 1.11 bits per heavy atom. The predicted molar refractivity (Wildman–Crippen MR) is 70.4 cm³/mol. The average molecular weight is 246 g/mol. The van der Waals surface area contributed by atoms with Gasteiger partial charge in [-0.15, -0.1) is 0 Å². The van der Waals surface area contributed by atoms with Gasteiger partial charge in [0.1, 0.15) is 11.5 Å². The topological polar surface area (TPSA) is 36.3 Å². The maximum Gasteiger partial charge on any atom is 0.302 e. The first-order valence-electron chi connectivity index (χ1n) is 5.97. The van der Waals surface area contributed by atoms with Gasteiger partial charge in [-0.25, -0.2) is 4.98 Å². The van der Waals surface area contributed by atoms with Gasteiger partial charge in [0.25, 0.3) is 0 Å². The van der Waals surface area contributed by atoms with Crippen molar-refractivity contribution in [3.05, 3.63) is 36.2 Å². The fraction of sp³-hybridized carbons (Fsp3) is 0.357. The molecule has 96 valence electrons. The Morgan fingerprint density at radius 3 is 2.28 bits per heavy atom. The lowest BCUT2D eigenvalue weighted by molar-refractivity contribution is 0.389. The summed E-state index contributed by atoms with van der Waals surface area (Å²) in [5.41, 5.74) is 1.09. The number of aryl methyl sites for hydroxylation is 1. The second kappa shape index (κ2) is 5.12. The molecule has 0 aliphatic carbocycles. The molecule has 0 unspecified atom stereocenters. The zero-order chi connectivity index (χ0) is 13.1. The van der Waals surface area contributed by atoms with Gasteiger partial charge >= 0.3 is 6.01 Å². The fourth-order valence-electron chi connectivity index (χ4n) is 1.88. The third-order valence-electron chi connectivity index (χ3n) is 2.73. The first-order valence-corrected chi connectivity index (χ1v) is 5.97. The van der Waals surface area contributed by atoms with Crippen LogP contribution >= 0.6 is 0 Å². The Balaban J connectivity index is 2.23. The molecule has 0 bridgehead atoms. The molecule has 0 spiro atoms. The van der Waals surface area contributed by atoms with Gasteiger partial charge in [-0.1, -0.05) is 0 Å². The van der Waals surface area contributed by atoms with Crippen LogP contribution in [0, 0.1) is 6.92 Å². The summed E-state index contributed by atoms with van der Waals surface area (Å²) < 4.78 is 13.0. The zero-order valence-electron chi connectivity index (χ0n) is 11.2. The molecule has 0 aliphatic heterocycles. The van der Waals surface area contributed by atoms with Crippen LogP contribution in [0.25, 0.3) is 0 Å². The number of methoxy groups -OCH3 is 1. The molecule has 0 N–H and O–H groups in total. The molecular weight excluding hydrogens is 228 g/mol. The monoisotopic (exact) mass is 246 g/mol. The highest BCUT2D eigenvalue weighted by atomic mass is 16.5. The summed E-state index contributed by atoms with van der Waals surface area (Å²) in [5, 5.41) is 0. The third-order valence-corrected chi connectivity index (χ3v) is 2.73. The van der Waals surface area contributed by atoms with Gasteiger partial charge in [-0.05, 0) is 45.0 Å². The summed E-state index contributed by atoms with van der Waals surface area (Å²) in [5.74, 6) is 1.56. The molecule has 0 fully saturated rings. The van der Waals surface area contributed by atoms with Crippen molar-refractivity contribution in [2.24, 2.45) is 0 Å². The number of rotatable bonds is 4. The van der Waals surface area contributed by atoms with Gasteiger partial charge in [0, 0.05) is 11.7 Å². The van der Waals surface area contributed by atoms with Crippen LogP contribution in [0.1, 0.15) is 25.6 Å². The molecule has 4 nitrogen and oxygen atoms in total. The standard InChI is InChI=1S/C14H18N2O2/c1-10(2)16-11(3)9-15-14(16)18-13-7-5-12(17-4)6-8-13/h5-10H,1-4H3. The largest absolute Gasteiger partial charge is 0.497 e. The van der Waals surface area contributed by atoms with Crippen molar-refractivity contribution in [3.63, 3.8) is 0 Å². The predicted octanol–water partition coefficient (Wildman–Crippen LogP) is 3.57. The van der Waals surface area contributed by atoms with E-state index in [9.17, 15) is 0 Å². The van der Waals surface area contributed by atoms with E-state index in [1.54, 1.807) is 7.11 Å². The number of ether oxygens (including phenoxy) is 2. The summed E-state index contributed by atoms with van der Waals surface area (Å²) in [6.07, 6.45) is 1.82. The van der Waals surface area contributed by atoms with E-state index in [0.29, 0.717) is 12.1 Å². The minimum absolute atomic E-state index is 0.320. The van der Waals surface area contributed by atoms with Crippen LogP contribution in [0.4, 0.5) is 0 Å². The van der Waals surface area contributed by atoms with E-state index < -0.39 is 0 Å². The van der Waals surface area contributed by atoms with Crippen LogP contribution in [-0.4, -0.2) is 16.7 Å². The number of imidazole rings is 1. The normalized spacial score (nSPS) is 10.7. The smallest absolute Gasteiger partial charge is 0.302 e. The molecular formula is C14H18N2O2. The summed E-state index contributed by atoms with van der Waals surface area (Å²) in [4.78, 5) is 4.28. The van der Waals surface area contributed by atoms with Crippen LogP contribution < -0.4 is 9.47 Å². The molecule has 4 heteroatoms. The number of nitrogens with zero attached hydrogens (tertiary/aromatic N) is 2. The van der Waals surface area contributed by atoms with E-state index in [4.69, 9.17) is 9.47 Å². The van der Waals surface area contributed by atoms with Crippen molar-refractivity contribution >= 4 is 0 Å². The quantitative estimate of drug-likeness (QED) is 0.827. The van der Waals surface area contributed by atoms with Crippen LogP contribution in [0.15, 0.2) is 30.5 Å². The van der Waals surface area contributed by atoms with Gasteiger partial charge in [-0.3, -0.25) is 4.57 Å². The second-order valence-corrected chi connectivity index (χ2v) is 4.42. The van der Waals surface area contributed by atoms with Crippen molar-refractivity contribution in [1.29, 1.82) is 0 Å². The van der Waals surface area contributed by atoms with Gasteiger partial charge in [-0.2, -0.15) is 0 Å².